The predicted molar refractivity (Wildman–Crippen MR) is 149 cm³/mol. The van der Waals surface area contributed by atoms with E-state index in [4.69, 9.17) is 19.7 Å². The standard InChI is InChI=1S/C31H39N3O2/c1-21(2)18-35-25-12-8-23(9-13-25)27-16-17-28(24-10-14-26(15-11-24)36-19-22(3)4)30-29(27)32-34(33-30)20-31(5,6)7/h8-17,21-22H,18-20H2,1-7H3. The fraction of sp³-hybridized carbons (Fsp3) is 0.419. The predicted octanol–water partition coefficient (Wildman–Crippen LogP) is 7.88. The molecule has 0 aliphatic carbocycles. The van der Waals surface area contributed by atoms with Crippen LogP contribution in [0.3, 0.4) is 0 Å². The average molecular weight is 486 g/mol. The van der Waals surface area contributed by atoms with Crippen LogP contribution in [0, 0.1) is 17.3 Å². The van der Waals surface area contributed by atoms with Crippen molar-refractivity contribution in [2.24, 2.45) is 17.3 Å². The highest BCUT2D eigenvalue weighted by atomic mass is 16.5. The van der Waals surface area contributed by atoms with Crippen LogP contribution >= 0.6 is 0 Å². The van der Waals surface area contributed by atoms with Gasteiger partial charge in [0.2, 0.25) is 0 Å². The van der Waals surface area contributed by atoms with Crippen molar-refractivity contribution in [2.45, 2.75) is 55.0 Å². The smallest absolute Gasteiger partial charge is 0.121 e. The number of aromatic nitrogens is 3. The van der Waals surface area contributed by atoms with Crippen LogP contribution in [0.25, 0.3) is 33.3 Å². The maximum atomic E-state index is 5.88. The van der Waals surface area contributed by atoms with Gasteiger partial charge in [0, 0.05) is 11.1 Å². The van der Waals surface area contributed by atoms with Crippen LogP contribution in [0.5, 0.6) is 11.5 Å². The minimum absolute atomic E-state index is 0.0696. The number of rotatable bonds is 9. The van der Waals surface area contributed by atoms with E-state index in [9.17, 15) is 0 Å². The Morgan fingerprint density at radius 2 is 1.03 bits per heavy atom. The molecule has 0 spiro atoms. The number of fused-ring (bicyclic) bond motifs is 1. The highest BCUT2D eigenvalue weighted by Gasteiger charge is 2.19. The summed E-state index contributed by atoms with van der Waals surface area (Å²) in [6, 6.07) is 20.9. The zero-order valence-corrected chi connectivity index (χ0v) is 22.7. The van der Waals surface area contributed by atoms with Gasteiger partial charge in [0.05, 0.1) is 19.8 Å². The summed E-state index contributed by atoms with van der Waals surface area (Å²) in [5.41, 5.74) is 6.23. The molecule has 4 aromatic rings. The Balaban J connectivity index is 1.72. The Labute approximate surface area is 215 Å². The van der Waals surface area contributed by atoms with Gasteiger partial charge in [-0.2, -0.15) is 15.0 Å². The number of hydrogen-bond donors (Lipinski definition) is 0. The molecule has 5 nitrogen and oxygen atoms in total. The third kappa shape index (κ3) is 6.45. The van der Waals surface area contributed by atoms with E-state index in [0.29, 0.717) is 25.0 Å². The summed E-state index contributed by atoms with van der Waals surface area (Å²) in [7, 11) is 0. The highest BCUT2D eigenvalue weighted by molar-refractivity contribution is 6.00. The minimum atomic E-state index is 0.0696. The Morgan fingerprint density at radius 3 is 1.36 bits per heavy atom. The Bertz CT molecular complexity index is 1190. The number of ether oxygens (including phenoxy) is 2. The van der Waals surface area contributed by atoms with Gasteiger partial charge in [-0.05, 0) is 52.6 Å². The van der Waals surface area contributed by atoms with Crippen molar-refractivity contribution in [3.05, 3.63) is 60.7 Å². The second kappa shape index (κ2) is 10.7. The molecule has 0 unspecified atom stereocenters. The third-order valence-corrected chi connectivity index (χ3v) is 5.70. The van der Waals surface area contributed by atoms with Gasteiger partial charge in [0.25, 0.3) is 0 Å². The third-order valence-electron chi connectivity index (χ3n) is 5.70. The van der Waals surface area contributed by atoms with Crippen molar-refractivity contribution < 1.29 is 9.47 Å². The van der Waals surface area contributed by atoms with Crippen LogP contribution < -0.4 is 9.47 Å². The lowest BCUT2D eigenvalue weighted by Crippen LogP contribution is -2.17. The largest absolute Gasteiger partial charge is 0.493 e. The van der Waals surface area contributed by atoms with Gasteiger partial charge in [-0.3, -0.25) is 0 Å². The van der Waals surface area contributed by atoms with Crippen molar-refractivity contribution in [1.29, 1.82) is 0 Å². The summed E-state index contributed by atoms with van der Waals surface area (Å²) in [4.78, 5) is 1.85. The van der Waals surface area contributed by atoms with Gasteiger partial charge in [0.15, 0.2) is 0 Å². The lowest BCUT2D eigenvalue weighted by atomic mass is 9.97. The topological polar surface area (TPSA) is 49.2 Å². The van der Waals surface area contributed by atoms with Gasteiger partial charge in [-0.15, -0.1) is 0 Å². The van der Waals surface area contributed by atoms with Gasteiger partial charge < -0.3 is 9.47 Å². The first-order chi connectivity index (χ1) is 17.1. The monoisotopic (exact) mass is 485 g/mol. The Hall–Kier alpha value is -3.34. The van der Waals surface area contributed by atoms with Crippen LogP contribution in [-0.4, -0.2) is 28.2 Å². The Morgan fingerprint density at radius 1 is 0.639 bits per heavy atom. The molecule has 0 bridgehead atoms. The van der Waals surface area contributed by atoms with E-state index in [0.717, 1.165) is 51.3 Å². The molecule has 0 saturated heterocycles. The molecule has 0 radical (unpaired) electrons. The molecule has 3 aromatic carbocycles. The molecule has 0 aliphatic heterocycles. The van der Waals surface area contributed by atoms with Gasteiger partial charge in [0.1, 0.15) is 22.5 Å². The second-order valence-corrected chi connectivity index (χ2v) is 11.6. The second-order valence-electron chi connectivity index (χ2n) is 11.6. The van der Waals surface area contributed by atoms with Crippen LogP contribution in [0.1, 0.15) is 48.5 Å². The van der Waals surface area contributed by atoms with E-state index in [1.54, 1.807) is 0 Å². The van der Waals surface area contributed by atoms with Crippen molar-refractivity contribution in [2.75, 3.05) is 13.2 Å². The summed E-state index contributed by atoms with van der Waals surface area (Å²) in [5, 5.41) is 9.92. The van der Waals surface area contributed by atoms with E-state index in [1.807, 2.05) is 29.1 Å². The van der Waals surface area contributed by atoms with Crippen LogP contribution in [0.2, 0.25) is 0 Å². The molecule has 5 heteroatoms. The first-order valence-electron chi connectivity index (χ1n) is 12.9. The molecular weight excluding hydrogens is 446 g/mol. The van der Waals surface area contributed by atoms with Crippen molar-refractivity contribution in [3.63, 3.8) is 0 Å². The van der Waals surface area contributed by atoms with Gasteiger partial charge >= 0.3 is 0 Å². The van der Waals surface area contributed by atoms with Crippen LogP contribution in [-0.2, 0) is 6.54 Å². The molecule has 0 amide bonds. The highest BCUT2D eigenvalue weighted by Crippen LogP contribution is 2.35. The summed E-state index contributed by atoms with van der Waals surface area (Å²) in [6.07, 6.45) is 0. The molecular formula is C31H39N3O2. The van der Waals surface area contributed by atoms with Crippen LogP contribution in [0.4, 0.5) is 0 Å². The molecule has 1 heterocycles. The maximum absolute atomic E-state index is 5.88. The first kappa shape index (κ1) is 25.7. The zero-order chi connectivity index (χ0) is 25.9. The summed E-state index contributed by atoms with van der Waals surface area (Å²) >= 11 is 0. The molecule has 190 valence electrons. The van der Waals surface area contributed by atoms with E-state index in [2.05, 4.69) is 84.9 Å². The number of hydrogen-bond acceptors (Lipinski definition) is 4. The van der Waals surface area contributed by atoms with Gasteiger partial charge in [-0.25, -0.2) is 0 Å². The molecule has 1 aromatic heterocycles. The fourth-order valence-electron chi connectivity index (χ4n) is 3.98. The lowest BCUT2D eigenvalue weighted by Gasteiger charge is -2.16. The molecule has 0 atom stereocenters. The van der Waals surface area contributed by atoms with E-state index in [1.165, 1.54) is 0 Å². The lowest BCUT2D eigenvalue weighted by molar-refractivity contribution is 0.271. The SMILES string of the molecule is CC(C)COc1ccc(-c2ccc(-c3ccc(OCC(C)C)cc3)c3nn(CC(C)(C)C)nc23)cc1. The Kier molecular flexibility index (Phi) is 7.67. The zero-order valence-electron chi connectivity index (χ0n) is 22.7. The van der Waals surface area contributed by atoms with E-state index in [-0.39, 0.29) is 5.41 Å². The summed E-state index contributed by atoms with van der Waals surface area (Å²) in [5.74, 6) is 2.75. The van der Waals surface area contributed by atoms with Crippen molar-refractivity contribution in [3.8, 4) is 33.8 Å². The summed E-state index contributed by atoms with van der Waals surface area (Å²) < 4.78 is 11.8. The first-order valence-corrected chi connectivity index (χ1v) is 12.9. The van der Waals surface area contributed by atoms with Crippen molar-refractivity contribution >= 4 is 11.0 Å². The van der Waals surface area contributed by atoms with E-state index < -0.39 is 0 Å². The molecule has 0 aliphatic rings. The molecule has 0 saturated carbocycles. The molecule has 0 fully saturated rings. The molecule has 36 heavy (non-hydrogen) atoms. The molecule has 4 rings (SSSR count). The van der Waals surface area contributed by atoms with Crippen LogP contribution in [0.15, 0.2) is 60.7 Å². The average Bonchev–Trinajstić information content (AvgIpc) is 3.23. The number of nitrogens with zero attached hydrogens (tertiary/aromatic N) is 3. The fourth-order valence-corrected chi connectivity index (χ4v) is 3.98. The number of benzene rings is 3. The van der Waals surface area contributed by atoms with E-state index >= 15 is 0 Å². The quantitative estimate of drug-likeness (QED) is 0.242. The van der Waals surface area contributed by atoms with Crippen molar-refractivity contribution in [1.82, 2.24) is 15.0 Å². The molecule has 0 N–H and O–H groups in total. The van der Waals surface area contributed by atoms with Gasteiger partial charge in [-0.1, -0.05) is 84.9 Å². The normalized spacial score (nSPS) is 12.0. The maximum Gasteiger partial charge on any atom is 0.121 e. The minimum Gasteiger partial charge on any atom is -0.493 e. The summed E-state index contributed by atoms with van der Waals surface area (Å²) in [6.45, 7) is 17.4.